The highest BCUT2D eigenvalue weighted by molar-refractivity contribution is 6.00. The lowest BCUT2D eigenvalue weighted by atomic mass is 10.1. The fourth-order valence-electron chi connectivity index (χ4n) is 3.34. The SMILES string of the molecule is CCCC/C=C1\OC(=O)CC1NC(=O)CNC(=O)c1cc(O)cc(NC2=NCC(O)CN2)c1. The van der Waals surface area contributed by atoms with E-state index in [0.717, 1.165) is 19.3 Å². The number of amides is 2. The van der Waals surface area contributed by atoms with E-state index in [-0.39, 0.29) is 30.8 Å². The van der Waals surface area contributed by atoms with Gasteiger partial charge in [0.2, 0.25) is 5.91 Å². The van der Waals surface area contributed by atoms with E-state index in [1.54, 1.807) is 0 Å². The van der Waals surface area contributed by atoms with Crippen molar-refractivity contribution in [2.75, 3.05) is 25.0 Å². The average Bonchev–Trinajstić information content (AvgIpc) is 3.12. The van der Waals surface area contributed by atoms with Gasteiger partial charge in [-0.1, -0.05) is 13.3 Å². The van der Waals surface area contributed by atoms with Gasteiger partial charge < -0.3 is 36.2 Å². The van der Waals surface area contributed by atoms with Crippen LogP contribution in [0.3, 0.4) is 0 Å². The van der Waals surface area contributed by atoms with Crippen LogP contribution < -0.4 is 21.3 Å². The lowest BCUT2D eigenvalue weighted by Crippen LogP contribution is -2.42. The summed E-state index contributed by atoms with van der Waals surface area (Å²) in [5.41, 5.74) is 0.553. The Balaban J connectivity index is 1.54. The summed E-state index contributed by atoms with van der Waals surface area (Å²) < 4.78 is 5.17. The molecular weight excluding hydrogens is 430 g/mol. The normalized spacial score (nSPS) is 21.1. The Bertz CT molecular complexity index is 961. The van der Waals surface area contributed by atoms with Gasteiger partial charge in [0.1, 0.15) is 11.5 Å². The number of aromatic hydroxyl groups is 1. The summed E-state index contributed by atoms with van der Waals surface area (Å²) >= 11 is 0. The van der Waals surface area contributed by atoms with E-state index in [0.29, 0.717) is 24.0 Å². The van der Waals surface area contributed by atoms with E-state index < -0.39 is 29.9 Å². The van der Waals surface area contributed by atoms with Crippen molar-refractivity contribution < 1.29 is 29.3 Å². The highest BCUT2D eigenvalue weighted by atomic mass is 16.5. The number of phenols is 1. The summed E-state index contributed by atoms with van der Waals surface area (Å²) in [7, 11) is 0. The Morgan fingerprint density at radius 2 is 2.15 bits per heavy atom. The minimum Gasteiger partial charge on any atom is -0.508 e. The van der Waals surface area contributed by atoms with Gasteiger partial charge in [-0.2, -0.15) is 0 Å². The van der Waals surface area contributed by atoms with E-state index in [2.05, 4.69) is 33.2 Å². The Morgan fingerprint density at radius 3 is 2.88 bits per heavy atom. The highest BCUT2D eigenvalue weighted by Crippen LogP contribution is 2.21. The third-order valence-corrected chi connectivity index (χ3v) is 5.00. The Labute approximate surface area is 191 Å². The first-order valence-corrected chi connectivity index (χ1v) is 10.9. The molecule has 0 radical (unpaired) electrons. The Kier molecular flexibility index (Phi) is 8.25. The number of aliphatic hydroxyl groups is 1. The third kappa shape index (κ3) is 7.21. The van der Waals surface area contributed by atoms with E-state index in [1.165, 1.54) is 18.2 Å². The number of hydrogen-bond donors (Lipinski definition) is 6. The van der Waals surface area contributed by atoms with Gasteiger partial charge >= 0.3 is 5.97 Å². The number of cyclic esters (lactones) is 1. The molecule has 0 aliphatic carbocycles. The molecule has 178 valence electrons. The number of allylic oxidation sites excluding steroid dienone is 1. The number of β-amino-alcohol motifs (C(OH)–C–C–N with tert-alkyl or cyclic N) is 1. The number of aliphatic imine (C=N–C) groups is 1. The summed E-state index contributed by atoms with van der Waals surface area (Å²) in [4.78, 5) is 40.6. The largest absolute Gasteiger partial charge is 0.508 e. The molecule has 1 saturated heterocycles. The minimum atomic E-state index is -0.566. The van der Waals surface area contributed by atoms with Gasteiger partial charge in [-0.05, 0) is 31.1 Å². The van der Waals surface area contributed by atoms with Crippen molar-refractivity contribution in [3.8, 4) is 5.75 Å². The maximum atomic E-state index is 12.5. The second-order valence-corrected chi connectivity index (χ2v) is 7.85. The van der Waals surface area contributed by atoms with Crippen LogP contribution in [0.2, 0.25) is 0 Å². The molecule has 11 nitrogen and oxygen atoms in total. The Hall–Kier alpha value is -3.60. The smallest absolute Gasteiger partial charge is 0.313 e. The van der Waals surface area contributed by atoms with Gasteiger partial charge in [0.15, 0.2) is 5.96 Å². The molecule has 2 aliphatic rings. The molecule has 2 amide bonds. The molecule has 0 bridgehead atoms. The second-order valence-electron chi connectivity index (χ2n) is 7.85. The lowest BCUT2D eigenvalue weighted by molar-refractivity contribution is -0.135. The van der Waals surface area contributed by atoms with Gasteiger partial charge in [-0.25, -0.2) is 0 Å². The molecule has 1 fully saturated rings. The summed E-state index contributed by atoms with van der Waals surface area (Å²) in [6, 6.07) is 3.65. The number of esters is 1. The lowest BCUT2D eigenvalue weighted by Gasteiger charge is -2.20. The standard InChI is InChI=1S/C22H29N5O6/c1-2-3-4-5-18-17(9-20(31)33-18)27-19(30)12-23-21(32)13-6-14(8-15(28)7-13)26-22-24-10-16(29)11-25-22/h5-8,16-17,28-29H,2-4,9-12H2,1H3,(H,23,32)(H,27,30)(H2,24,25,26)/b18-5-. The molecule has 11 heteroatoms. The molecule has 0 aromatic heterocycles. The quantitative estimate of drug-likeness (QED) is 0.240. The number of benzene rings is 1. The highest BCUT2D eigenvalue weighted by Gasteiger charge is 2.30. The molecule has 2 heterocycles. The third-order valence-electron chi connectivity index (χ3n) is 5.00. The number of ether oxygens (including phenoxy) is 1. The maximum Gasteiger partial charge on any atom is 0.313 e. The monoisotopic (exact) mass is 459 g/mol. The first-order chi connectivity index (χ1) is 15.8. The molecule has 2 unspecified atom stereocenters. The van der Waals surface area contributed by atoms with Crippen LogP contribution in [0.15, 0.2) is 35.0 Å². The van der Waals surface area contributed by atoms with Crippen molar-refractivity contribution in [1.82, 2.24) is 16.0 Å². The van der Waals surface area contributed by atoms with Crippen LogP contribution in [0.25, 0.3) is 0 Å². The fraction of sp³-hybridized carbons (Fsp3) is 0.455. The number of rotatable bonds is 8. The maximum absolute atomic E-state index is 12.5. The van der Waals surface area contributed by atoms with Crippen molar-refractivity contribution in [2.45, 2.75) is 44.8 Å². The van der Waals surface area contributed by atoms with E-state index in [4.69, 9.17) is 4.74 Å². The zero-order valence-corrected chi connectivity index (χ0v) is 18.4. The van der Waals surface area contributed by atoms with Gasteiger partial charge in [0.05, 0.1) is 31.7 Å². The molecule has 1 aromatic rings. The summed E-state index contributed by atoms with van der Waals surface area (Å²) in [6.45, 7) is 2.32. The van der Waals surface area contributed by atoms with E-state index in [1.807, 2.05) is 6.08 Å². The zero-order valence-electron chi connectivity index (χ0n) is 18.4. The van der Waals surface area contributed by atoms with Crippen LogP contribution in [0.4, 0.5) is 5.69 Å². The molecule has 2 aliphatic heterocycles. The van der Waals surface area contributed by atoms with Crippen molar-refractivity contribution in [3.63, 3.8) is 0 Å². The predicted molar refractivity (Wildman–Crippen MR) is 121 cm³/mol. The van der Waals surface area contributed by atoms with Crippen LogP contribution >= 0.6 is 0 Å². The summed E-state index contributed by atoms with van der Waals surface area (Å²) in [6.07, 6.45) is 3.99. The topological polar surface area (TPSA) is 161 Å². The van der Waals surface area contributed by atoms with Crippen LogP contribution in [0.5, 0.6) is 5.75 Å². The minimum absolute atomic E-state index is 0.0498. The summed E-state index contributed by atoms with van der Waals surface area (Å²) in [5, 5.41) is 30.5. The molecule has 2 atom stereocenters. The zero-order chi connectivity index (χ0) is 23.8. The van der Waals surface area contributed by atoms with Crippen LogP contribution in [-0.4, -0.2) is 65.7 Å². The number of anilines is 1. The number of phenolic OH excluding ortho intramolecular Hbond substituents is 1. The van der Waals surface area contributed by atoms with Crippen LogP contribution in [-0.2, 0) is 14.3 Å². The number of aliphatic hydroxyl groups excluding tert-OH is 1. The number of guanidine groups is 1. The van der Waals surface area contributed by atoms with Gasteiger partial charge in [0.25, 0.3) is 5.91 Å². The molecular formula is C22H29N5O6. The molecule has 0 saturated carbocycles. The molecule has 6 N–H and O–H groups in total. The number of nitrogens with zero attached hydrogens (tertiary/aromatic N) is 1. The number of hydrogen-bond acceptors (Lipinski definition) is 9. The van der Waals surface area contributed by atoms with Crippen LogP contribution in [0.1, 0.15) is 43.0 Å². The van der Waals surface area contributed by atoms with Crippen molar-refractivity contribution in [1.29, 1.82) is 0 Å². The average molecular weight is 460 g/mol. The Morgan fingerprint density at radius 1 is 1.33 bits per heavy atom. The number of carbonyl (C=O) groups is 3. The number of nitrogens with one attached hydrogen (secondary N) is 4. The molecule has 1 aromatic carbocycles. The predicted octanol–water partition coefficient (Wildman–Crippen LogP) is 0.360. The molecule has 0 spiro atoms. The van der Waals surface area contributed by atoms with Crippen molar-refractivity contribution in [2.24, 2.45) is 4.99 Å². The van der Waals surface area contributed by atoms with Gasteiger partial charge in [-0.3, -0.25) is 19.4 Å². The molecule has 3 rings (SSSR count). The first-order valence-electron chi connectivity index (χ1n) is 10.9. The fourth-order valence-corrected chi connectivity index (χ4v) is 3.34. The van der Waals surface area contributed by atoms with Gasteiger partial charge in [-0.15, -0.1) is 0 Å². The van der Waals surface area contributed by atoms with E-state index >= 15 is 0 Å². The van der Waals surface area contributed by atoms with Gasteiger partial charge in [0, 0.05) is 23.9 Å². The second kappa shape index (κ2) is 11.3. The first kappa shape index (κ1) is 24.1. The molecule has 33 heavy (non-hydrogen) atoms. The van der Waals surface area contributed by atoms with Crippen LogP contribution in [0, 0.1) is 0 Å². The summed E-state index contributed by atoms with van der Waals surface area (Å²) in [5.74, 6) is -0.731. The van der Waals surface area contributed by atoms with E-state index in [9.17, 15) is 24.6 Å². The number of carbonyl (C=O) groups excluding carboxylic acids is 3. The number of unbranched alkanes of at least 4 members (excludes halogenated alkanes) is 2. The van der Waals surface area contributed by atoms with Crippen molar-refractivity contribution >= 4 is 29.4 Å². The van der Waals surface area contributed by atoms with Crippen molar-refractivity contribution in [3.05, 3.63) is 35.6 Å².